The Morgan fingerprint density at radius 3 is 2.72 bits per heavy atom. The van der Waals surface area contributed by atoms with Crippen LogP contribution in [0.25, 0.3) is 33.9 Å². The van der Waals surface area contributed by atoms with Crippen LogP contribution in [0.1, 0.15) is 5.89 Å². The molecule has 0 aliphatic rings. The van der Waals surface area contributed by atoms with Gasteiger partial charge in [0.15, 0.2) is 0 Å². The summed E-state index contributed by atoms with van der Waals surface area (Å²) in [6.07, 6.45) is 3.37. The van der Waals surface area contributed by atoms with Crippen LogP contribution >= 0.6 is 11.6 Å². The minimum atomic E-state index is -0.340. The van der Waals surface area contributed by atoms with Crippen LogP contribution in [0.2, 0.25) is 5.02 Å². The molecule has 0 saturated carbocycles. The van der Waals surface area contributed by atoms with Gasteiger partial charge in [0, 0.05) is 10.6 Å². The minimum absolute atomic E-state index is 0.282. The van der Waals surface area contributed by atoms with E-state index in [0.29, 0.717) is 33.7 Å². The second kappa shape index (κ2) is 7.06. The van der Waals surface area contributed by atoms with E-state index < -0.39 is 0 Å². The zero-order valence-corrected chi connectivity index (χ0v) is 15.6. The highest BCUT2D eigenvalue weighted by Crippen LogP contribution is 2.22. The molecule has 0 saturated heterocycles. The summed E-state index contributed by atoms with van der Waals surface area (Å²) in [6.45, 7) is 0.282. The molecule has 5 aromatic rings. The average Bonchev–Trinajstić information content (AvgIpc) is 3.35. The number of halogens is 2. The number of hydrogen-bond acceptors (Lipinski definition) is 5. The number of nitrogens with zero attached hydrogens (tertiary/aromatic N) is 5. The standard InChI is InChI=1S/C20H12ClFN6O/c21-13-7-5-12(6-8-13)20-27-26-18(29-20)11-28-10-17-16(9-23-28)24-19(25-17)14-3-1-2-4-15(14)22/h1-10H,11H2/p+1. The number of aromatic amines is 1. The third-order valence-corrected chi connectivity index (χ3v) is 4.60. The van der Waals surface area contributed by atoms with E-state index in [-0.39, 0.29) is 12.4 Å². The van der Waals surface area contributed by atoms with Crippen LogP contribution in [0.4, 0.5) is 4.39 Å². The monoisotopic (exact) mass is 407 g/mol. The quantitative estimate of drug-likeness (QED) is 0.458. The SMILES string of the molecule is Fc1ccccc1-c1nc2cn[n+](Cc3nnc(-c4ccc(Cl)cc4)o3)cc2[nH]1. The molecule has 5 rings (SSSR count). The van der Waals surface area contributed by atoms with Crippen LogP contribution in [0.15, 0.2) is 65.3 Å². The molecule has 142 valence electrons. The van der Waals surface area contributed by atoms with Gasteiger partial charge in [0.2, 0.25) is 12.1 Å². The molecule has 3 heterocycles. The topological polar surface area (TPSA) is 84.4 Å². The lowest BCUT2D eigenvalue weighted by Crippen LogP contribution is -2.38. The van der Waals surface area contributed by atoms with E-state index in [2.05, 4.69) is 25.3 Å². The van der Waals surface area contributed by atoms with Crippen molar-refractivity contribution in [1.82, 2.24) is 25.3 Å². The predicted molar refractivity (Wildman–Crippen MR) is 103 cm³/mol. The van der Waals surface area contributed by atoms with Crippen molar-refractivity contribution in [2.45, 2.75) is 6.54 Å². The highest BCUT2D eigenvalue weighted by molar-refractivity contribution is 6.30. The number of imidazole rings is 1. The van der Waals surface area contributed by atoms with Crippen LogP contribution in [0, 0.1) is 5.82 Å². The van der Waals surface area contributed by atoms with Crippen molar-refractivity contribution in [3.8, 4) is 22.8 Å². The fourth-order valence-electron chi connectivity index (χ4n) is 2.94. The maximum atomic E-state index is 14.0. The lowest BCUT2D eigenvalue weighted by Gasteiger charge is -1.96. The summed E-state index contributed by atoms with van der Waals surface area (Å²) in [4.78, 5) is 7.53. The third kappa shape index (κ3) is 3.45. The van der Waals surface area contributed by atoms with Crippen LogP contribution in [0.5, 0.6) is 0 Å². The van der Waals surface area contributed by atoms with Gasteiger partial charge in [-0.25, -0.2) is 9.37 Å². The van der Waals surface area contributed by atoms with Crippen LogP contribution in [-0.4, -0.2) is 25.3 Å². The summed E-state index contributed by atoms with van der Waals surface area (Å²) in [5, 5.41) is 13.1. The minimum Gasteiger partial charge on any atom is -0.415 e. The Hall–Kier alpha value is -3.65. The molecule has 9 heteroatoms. The second-order valence-corrected chi connectivity index (χ2v) is 6.78. The normalized spacial score (nSPS) is 11.2. The zero-order chi connectivity index (χ0) is 19.8. The fraction of sp³-hybridized carbons (Fsp3) is 0.0500. The smallest absolute Gasteiger partial charge is 0.285 e. The number of hydrogen-bond donors (Lipinski definition) is 1. The van der Waals surface area contributed by atoms with Crippen molar-refractivity contribution in [2.75, 3.05) is 0 Å². The molecule has 7 nitrogen and oxygen atoms in total. The van der Waals surface area contributed by atoms with Crippen molar-refractivity contribution < 1.29 is 13.5 Å². The van der Waals surface area contributed by atoms with Crippen molar-refractivity contribution in [3.05, 3.63) is 77.7 Å². The van der Waals surface area contributed by atoms with Gasteiger partial charge in [-0.1, -0.05) is 28.4 Å². The predicted octanol–water partition coefficient (Wildman–Crippen LogP) is 3.80. The van der Waals surface area contributed by atoms with E-state index in [1.165, 1.54) is 6.07 Å². The first-order valence-electron chi connectivity index (χ1n) is 8.74. The molecule has 0 radical (unpaired) electrons. The zero-order valence-electron chi connectivity index (χ0n) is 14.9. The van der Waals surface area contributed by atoms with Gasteiger partial charge in [0.1, 0.15) is 28.9 Å². The first-order valence-corrected chi connectivity index (χ1v) is 9.12. The van der Waals surface area contributed by atoms with Crippen molar-refractivity contribution in [3.63, 3.8) is 0 Å². The molecular weight excluding hydrogens is 395 g/mol. The molecule has 0 bridgehead atoms. The molecule has 1 N–H and O–H groups in total. The van der Waals surface area contributed by atoms with Crippen LogP contribution < -0.4 is 4.68 Å². The average molecular weight is 408 g/mol. The van der Waals surface area contributed by atoms with E-state index in [0.717, 1.165) is 11.1 Å². The maximum absolute atomic E-state index is 14.0. The molecule has 0 aliphatic heterocycles. The second-order valence-electron chi connectivity index (χ2n) is 6.34. The lowest BCUT2D eigenvalue weighted by atomic mass is 10.2. The van der Waals surface area contributed by atoms with Gasteiger partial charge in [-0.3, -0.25) is 0 Å². The molecule has 0 atom stereocenters. The van der Waals surface area contributed by atoms with Gasteiger partial charge in [-0.2, -0.15) is 0 Å². The van der Waals surface area contributed by atoms with Gasteiger partial charge >= 0.3 is 0 Å². The van der Waals surface area contributed by atoms with E-state index in [1.807, 2.05) is 12.1 Å². The van der Waals surface area contributed by atoms with Gasteiger partial charge in [0.25, 0.3) is 12.4 Å². The summed E-state index contributed by atoms with van der Waals surface area (Å²) >= 11 is 5.90. The van der Waals surface area contributed by atoms with Gasteiger partial charge in [-0.05, 0) is 41.5 Å². The van der Waals surface area contributed by atoms with Crippen LogP contribution in [-0.2, 0) is 6.54 Å². The Morgan fingerprint density at radius 2 is 1.90 bits per heavy atom. The Bertz CT molecular complexity index is 1310. The number of aromatic nitrogens is 6. The molecule has 3 aromatic heterocycles. The summed E-state index contributed by atoms with van der Waals surface area (Å²) in [7, 11) is 0. The molecule has 29 heavy (non-hydrogen) atoms. The summed E-state index contributed by atoms with van der Waals surface area (Å²) in [6, 6.07) is 13.6. The summed E-state index contributed by atoms with van der Waals surface area (Å²) < 4.78 is 21.4. The highest BCUT2D eigenvalue weighted by Gasteiger charge is 2.17. The van der Waals surface area contributed by atoms with Crippen molar-refractivity contribution >= 4 is 22.6 Å². The van der Waals surface area contributed by atoms with Gasteiger partial charge in [-0.15, -0.1) is 10.2 Å². The van der Waals surface area contributed by atoms with E-state index >= 15 is 0 Å². The molecule has 0 fully saturated rings. The summed E-state index contributed by atoms with van der Waals surface area (Å²) in [5.41, 5.74) is 2.53. The number of fused-ring (bicyclic) bond motifs is 1. The van der Waals surface area contributed by atoms with Gasteiger partial charge < -0.3 is 9.40 Å². The first kappa shape index (κ1) is 17.4. The molecular formula is C20H13ClFN6O+. The number of H-pyrrole nitrogens is 1. The third-order valence-electron chi connectivity index (χ3n) is 4.35. The molecule has 0 amide bonds. The number of rotatable bonds is 4. The Labute approximate surface area is 168 Å². The fourth-order valence-corrected chi connectivity index (χ4v) is 3.07. The number of nitrogens with one attached hydrogen (secondary N) is 1. The van der Waals surface area contributed by atoms with Crippen molar-refractivity contribution in [2.24, 2.45) is 0 Å². The Morgan fingerprint density at radius 1 is 1.07 bits per heavy atom. The van der Waals surface area contributed by atoms with Crippen molar-refractivity contribution in [1.29, 1.82) is 0 Å². The molecule has 0 unspecified atom stereocenters. The molecule has 0 aliphatic carbocycles. The summed E-state index contributed by atoms with van der Waals surface area (Å²) in [5.74, 6) is 0.913. The van der Waals surface area contributed by atoms with Crippen LogP contribution in [0.3, 0.4) is 0 Å². The van der Waals surface area contributed by atoms with E-state index in [9.17, 15) is 4.39 Å². The maximum Gasteiger partial charge on any atom is 0.285 e. The largest absolute Gasteiger partial charge is 0.415 e. The Kier molecular flexibility index (Phi) is 4.25. The Balaban J connectivity index is 1.41. The first-order chi connectivity index (χ1) is 14.2. The lowest BCUT2D eigenvalue weighted by molar-refractivity contribution is -0.746. The number of benzene rings is 2. The van der Waals surface area contributed by atoms with E-state index in [1.54, 1.807) is 47.4 Å². The van der Waals surface area contributed by atoms with Gasteiger partial charge in [0.05, 0.1) is 5.56 Å². The molecule has 0 spiro atoms. The van der Waals surface area contributed by atoms with E-state index in [4.69, 9.17) is 16.0 Å². The highest BCUT2D eigenvalue weighted by atomic mass is 35.5. The molecule has 2 aromatic carbocycles.